The fourth-order valence-electron chi connectivity index (χ4n) is 4.90. The normalized spacial score (nSPS) is 23.2. The number of carbonyl (C=O) groups is 2. The third-order valence-electron chi connectivity index (χ3n) is 6.61. The van der Waals surface area contributed by atoms with E-state index in [0.717, 1.165) is 42.0 Å². The number of Topliss-reactive ketones (excluding diaryl/α,β-unsaturated/α-hetero) is 1. The number of fused-ring (bicyclic) bond motifs is 1. The van der Waals surface area contributed by atoms with Crippen LogP contribution in [-0.2, 0) is 11.2 Å². The summed E-state index contributed by atoms with van der Waals surface area (Å²) in [5, 5.41) is 0. The number of ether oxygens (including phenoxy) is 3. The van der Waals surface area contributed by atoms with Crippen molar-refractivity contribution in [2.75, 3.05) is 14.2 Å². The lowest BCUT2D eigenvalue weighted by Gasteiger charge is -2.24. The van der Waals surface area contributed by atoms with E-state index in [1.54, 1.807) is 14.2 Å². The zero-order chi connectivity index (χ0) is 21.4. The highest BCUT2D eigenvalue weighted by atomic mass is 16.5. The molecule has 4 rings (SSSR count). The molecule has 160 valence electrons. The second-order valence-electron chi connectivity index (χ2n) is 8.47. The summed E-state index contributed by atoms with van der Waals surface area (Å²) in [6.07, 6.45) is 4.02. The average molecular weight is 411 g/mol. The van der Waals surface area contributed by atoms with Gasteiger partial charge in [-0.2, -0.15) is 0 Å². The van der Waals surface area contributed by atoms with Crippen LogP contribution in [0, 0.1) is 12.8 Å². The molecular weight excluding hydrogens is 382 g/mol. The van der Waals surface area contributed by atoms with E-state index in [2.05, 4.69) is 11.9 Å². The third-order valence-corrected chi connectivity index (χ3v) is 6.61. The largest absolute Gasteiger partial charge is 0.497 e. The van der Waals surface area contributed by atoms with E-state index >= 15 is 0 Å². The number of ketones is 1. The molecule has 0 amide bonds. The van der Waals surface area contributed by atoms with Crippen LogP contribution < -0.4 is 9.47 Å². The first kappa shape index (κ1) is 20.5. The Morgan fingerprint density at radius 3 is 2.60 bits per heavy atom. The maximum absolute atomic E-state index is 13.0. The van der Waals surface area contributed by atoms with Crippen LogP contribution in [0.4, 0.5) is 0 Å². The van der Waals surface area contributed by atoms with Gasteiger partial charge < -0.3 is 19.2 Å². The van der Waals surface area contributed by atoms with E-state index < -0.39 is 0 Å². The zero-order valence-corrected chi connectivity index (χ0v) is 18.0. The molecule has 1 heterocycles. The number of benzene rings is 1. The number of carbonyl (C=O) groups excluding carboxylic acids is 2. The first-order valence-corrected chi connectivity index (χ1v) is 10.6. The fourth-order valence-corrected chi connectivity index (χ4v) is 4.90. The topological polar surface area (TPSA) is 77.6 Å². The Balaban J connectivity index is 1.62. The second kappa shape index (κ2) is 8.17. The van der Waals surface area contributed by atoms with E-state index in [4.69, 9.17) is 14.2 Å². The van der Waals surface area contributed by atoms with Gasteiger partial charge in [0.05, 0.1) is 14.2 Å². The van der Waals surface area contributed by atoms with Crippen LogP contribution in [0.1, 0.15) is 76.2 Å². The molecule has 2 aliphatic rings. The van der Waals surface area contributed by atoms with Gasteiger partial charge in [0.2, 0.25) is 0 Å². The number of aromatic amines is 1. The fraction of sp³-hybridized carbons (Fsp3) is 0.500. The van der Waals surface area contributed by atoms with Crippen molar-refractivity contribution in [3.8, 4) is 11.5 Å². The maximum atomic E-state index is 13.0. The van der Waals surface area contributed by atoms with E-state index in [1.807, 2.05) is 25.1 Å². The van der Waals surface area contributed by atoms with E-state index in [-0.39, 0.29) is 23.8 Å². The molecule has 3 atom stereocenters. The molecule has 0 aliphatic heterocycles. The number of aromatic nitrogens is 1. The summed E-state index contributed by atoms with van der Waals surface area (Å²) in [4.78, 5) is 29.1. The zero-order valence-electron chi connectivity index (χ0n) is 18.0. The van der Waals surface area contributed by atoms with Crippen molar-refractivity contribution < 1.29 is 23.8 Å². The predicted octanol–water partition coefficient (Wildman–Crippen LogP) is 4.60. The van der Waals surface area contributed by atoms with Crippen LogP contribution >= 0.6 is 0 Å². The molecule has 1 fully saturated rings. The van der Waals surface area contributed by atoms with Crippen molar-refractivity contribution in [3.05, 3.63) is 46.3 Å². The van der Waals surface area contributed by atoms with Gasteiger partial charge in [0, 0.05) is 29.2 Å². The monoisotopic (exact) mass is 411 g/mol. The van der Waals surface area contributed by atoms with Crippen molar-refractivity contribution in [2.24, 2.45) is 5.92 Å². The number of rotatable bonds is 5. The van der Waals surface area contributed by atoms with Crippen LogP contribution in [-0.4, -0.2) is 37.1 Å². The maximum Gasteiger partial charge on any atom is 0.355 e. The lowest BCUT2D eigenvalue weighted by atomic mass is 9.81. The van der Waals surface area contributed by atoms with Gasteiger partial charge in [0.1, 0.15) is 23.3 Å². The molecule has 3 unspecified atom stereocenters. The van der Waals surface area contributed by atoms with Crippen molar-refractivity contribution in [1.29, 1.82) is 0 Å². The number of hydrogen-bond donors (Lipinski definition) is 1. The summed E-state index contributed by atoms with van der Waals surface area (Å²) >= 11 is 0. The van der Waals surface area contributed by atoms with Gasteiger partial charge in [-0.15, -0.1) is 0 Å². The first-order chi connectivity index (χ1) is 14.4. The minimum Gasteiger partial charge on any atom is -0.497 e. The van der Waals surface area contributed by atoms with Crippen molar-refractivity contribution in [3.63, 3.8) is 0 Å². The summed E-state index contributed by atoms with van der Waals surface area (Å²) in [5.41, 5.74) is 3.48. The SMILES string of the molecule is COc1ccc(OC)c(C2CC(=O)c3c([nH]c(C(=O)OC4CCCC4C)c3C)C2)c1. The van der Waals surface area contributed by atoms with Gasteiger partial charge in [-0.1, -0.05) is 6.92 Å². The molecule has 2 aromatic rings. The Morgan fingerprint density at radius 2 is 1.93 bits per heavy atom. The summed E-state index contributed by atoms with van der Waals surface area (Å²) < 4.78 is 16.6. The molecule has 6 heteroatoms. The lowest BCUT2D eigenvalue weighted by molar-refractivity contribution is 0.0219. The van der Waals surface area contributed by atoms with Gasteiger partial charge in [-0.3, -0.25) is 4.79 Å². The van der Waals surface area contributed by atoms with Crippen molar-refractivity contribution in [2.45, 2.75) is 58.0 Å². The first-order valence-electron chi connectivity index (χ1n) is 10.6. The molecule has 1 N–H and O–H groups in total. The van der Waals surface area contributed by atoms with Crippen molar-refractivity contribution in [1.82, 2.24) is 4.98 Å². The molecule has 0 saturated heterocycles. The minimum atomic E-state index is -0.357. The second-order valence-corrected chi connectivity index (χ2v) is 8.47. The number of esters is 1. The minimum absolute atomic E-state index is 0.0353. The van der Waals surface area contributed by atoms with Gasteiger partial charge in [-0.25, -0.2) is 4.79 Å². The summed E-state index contributed by atoms with van der Waals surface area (Å²) in [6, 6.07) is 5.63. The molecule has 1 saturated carbocycles. The third kappa shape index (κ3) is 3.59. The highest BCUT2D eigenvalue weighted by molar-refractivity contribution is 6.03. The van der Waals surface area contributed by atoms with Gasteiger partial charge in [0.25, 0.3) is 0 Å². The van der Waals surface area contributed by atoms with E-state index in [9.17, 15) is 9.59 Å². The Labute approximate surface area is 176 Å². The van der Waals surface area contributed by atoms with Crippen LogP contribution in [0.5, 0.6) is 11.5 Å². The van der Waals surface area contributed by atoms with Crippen LogP contribution in [0.15, 0.2) is 18.2 Å². The highest BCUT2D eigenvalue weighted by Gasteiger charge is 2.35. The Hall–Kier alpha value is -2.76. The molecule has 1 aromatic heterocycles. The molecule has 0 spiro atoms. The van der Waals surface area contributed by atoms with Crippen LogP contribution in [0.3, 0.4) is 0 Å². The molecule has 30 heavy (non-hydrogen) atoms. The van der Waals surface area contributed by atoms with Gasteiger partial charge >= 0.3 is 5.97 Å². The predicted molar refractivity (Wildman–Crippen MR) is 113 cm³/mol. The number of nitrogens with one attached hydrogen (secondary N) is 1. The lowest BCUT2D eigenvalue weighted by Crippen LogP contribution is -2.21. The Morgan fingerprint density at radius 1 is 1.13 bits per heavy atom. The smallest absolute Gasteiger partial charge is 0.355 e. The number of H-pyrrole nitrogens is 1. The standard InChI is InChI=1S/C24H29NO5/c1-13-6-5-7-20(13)30-24(27)23-14(2)22-18(25-23)10-15(11-19(22)26)17-12-16(28-3)8-9-21(17)29-4/h8-9,12-13,15,20,25H,5-7,10-11H2,1-4H3. The molecule has 2 aliphatic carbocycles. The quantitative estimate of drug-likeness (QED) is 0.728. The van der Waals surface area contributed by atoms with Crippen LogP contribution in [0.2, 0.25) is 0 Å². The Bertz CT molecular complexity index is 976. The number of methoxy groups -OCH3 is 2. The van der Waals surface area contributed by atoms with E-state index in [1.165, 1.54) is 0 Å². The summed E-state index contributed by atoms with van der Waals surface area (Å²) in [5.74, 6) is 1.46. The Kier molecular flexibility index (Phi) is 5.58. The molecule has 6 nitrogen and oxygen atoms in total. The summed E-state index contributed by atoms with van der Waals surface area (Å²) in [7, 11) is 3.24. The van der Waals surface area contributed by atoms with E-state index in [0.29, 0.717) is 35.6 Å². The summed E-state index contributed by atoms with van der Waals surface area (Å²) in [6.45, 7) is 3.95. The molecule has 0 bridgehead atoms. The molecule has 0 radical (unpaired) electrons. The van der Waals surface area contributed by atoms with Gasteiger partial charge in [0.15, 0.2) is 5.78 Å². The molecular formula is C24H29NO5. The average Bonchev–Trinajstić information content (AvgIpc) is 3.30. The van der Waals surface area contributed by atoms with Crippen LogP contribution in [0.25, 0.3) is 0 Å². The number of hydrogen-bond acceptors (Lipinski definition) is 5. The highest BCUT2D eigenvalue weighted by Crippen LogP contribution is 2.40. The van der Waals surface area contributed by atoms with Gasteiger partial charge in [-0.05, 0) is 62.3 Å². The van der Waals surface area contributed by atoms with Crippen molar-refractivity contribution >= 4 is 11.8 Å². The molecule has 1 aromatic carbocycles.